The Morgan fingerprint density at radius 2 is 1.80 bits per heavy atom. The Hall–Kier alpha value is -4.40. The van der Waals surface area contributed by atoms with Crippen molar-refractivity contribution in [1.29, 1.82) is 5.41 Å². The molecule has 1 aliphatic carbocycles. The smallest absolute Gasteiger partial charge is 0.267 e. The third kappa shape index (κ3) is 4.16. The number of fused-ring (bicyclic) bond motifs is 3. The molecule has 2 aromatic heterocycles. The number of halogens is 1. The minimum absolute atomic E-state index is 0.0583. The first-order chi connectivity index (χ1) is 19.2. The molecule has 196 valence electrons. The van der Waals surface area contributed by atoms with Crippen LogP contribution >= 0.6 is 0 Å². The van der Waals surface area contributed by atoms with Crippen LogP contribution in [0.3, 0.4) is 0 Å². The van der Waals surface area contributed by atoms with Crippen LogP contribution in [0, 0.1) is 11.4 Å². The van der Waals surface area contributed by atoms with Crippen LogP contribution in [0.15, 0.2) is 82.6 Å². The van der Waals surface area contributed by atoms with Crippen molar-refractivity contribution in [3.05, 3.63) is 111 Å². The summed E-state index contributed by atoms with van der Waals surface area (Å²) in [6, 6.07) is 21.6. The highest BCUT2D eigenvalue weighted by Gasteiger charge is 2.53. The van der Waals surface area contributed by atoms with Crippen LogP contribution in [-0.2, 0) is 19.0 Å². The molecule has 1 saturated carbocycles. The van der Waals surface area contributed by atoms with E-state index in [0.717, 1.165) is 23.2 Å². The molecule has 11 heteroatoms. The van der Waals surface area contributed by atoms with E-state index in [0.29, 0.717) is 36.5 Å². The van der Waals surface area contributed by atoms with Crippen molar-refractivity contribution in [2.75, 3.05) is 5.32 Å². The van der Waals surface area contributed by atoms with Crippen molar-refractivity contribution in [2.45, 2.75) is 36.7 Å². The maximum atomic E-state index is 13.7. The SMILES string of the molecule is [B]C12CCCC1([B])n1c(=N)/c(=C(\NCc3ccc(-c4cccc(F)n4)cc3)Nc3ccccc3)c(=O)n(C)c1=N2. The number of anilines is 1. The number of benzene rings is 2. The molecular formula is C29H26B2FN7O. The first-order valence-electron chi connectivity index (χ1n) is 13.1. The van der Waals surface area contributed by atoms with Crippen molar-refractivity contribution in [1.82, 2.24) is 19.4 Å². The van der Waals surface area contributed by atoms with Gasteiger partial charge in [0.05, 0.1) is 5.69 Å². The summed E-state index contributed by atoms with van der Waals surface area (Å²) in [6.45, 7) is 0.343. The Bertz CT molecular complexity index is 1860. The van der Waals surface area contributed by atoms with Crippen LogP contribution in [0.5, 0.6) is 0 Å². The van der Waals surface area contributed by atoms with Gasteiger partial charge in [0.15, 0.2) is 0 Å². The van der Waals surface area contributed by atoms with Gasteiger partial charge in [-0.2, -0.15) is 4.39 Å². The molecule has 2 unspecified atom stereocenters. The predicted octanol–water partition coefficient (Wildman–Crippen LogP) is 1.34. The average Bonchev–Trinajstić information content (AvgIpc) is 3.36. The summed E-state index contributed by atoms with van der Waals surface area (Å²) in [5, 5.41) is 15.9. The first kappa shape index (κ1) is 25.9. The number of hydrogen-bond donors (Lipinski definition) is 3. The highest BCUT2D eigenvalue weighted by molar-refractivity contribution is 6.26. The second kappa shape index (κ2) is 9.66. The summed E-state index contributed by atoms with van der Waals surface area (Å²) in [6.07, 6.45) is 1.90. The number of rotatable bonds is 6. The summed E-state index contributed by atoms with van der Waals surface area (Å²) >= 11 is 0. The summed E-state index contributed by atoms with van der Waals surface area (Å²) in [4.78, 5) is 22.3. The van der Waals surface area contributed by atoms with Gasteiger partial charge in [-0.3, -0.25) is 24.3 Å². The number of nitrogens with zero attached hydrogens (tertiary/aromatic N) is 4. The molecule has 2 aromatic carbocycles. The van der Waals surface area contributed by atoms with Gasteiger partial charge < -0.3 is 10.6 Å². The predicted molar refractivity (Wildman–Crippen MR) is 152 cm³/mol. The molecule has 0 bridgehead atoms. The fourth-order valence-corrected chi connectivity index (χ4v) is 5.56. The van der Waals surface area contributed by atoms with Gasteiger partial charge in [0.25, 0.3) is 5.56 Å². The molecule has 40 heavy (non-hydrogen) atoms. The van der Waals surface area contributed by atoms with Crippen molar-refractivity contribution >= 4 is 27.2 Å². The van der Waals surface area contributed by atoms with Gasteiger partial charge >= 0.3 is 0 Å². The quantitative estimate of drug-likeness (QED) is 0.260. The van der Waals surface area contributed by atoms with Gasteiger partial charge in [-0.1, -0.05) is 55.0 Å². The largest absolute Gasteiger partial charge is 0.367 e. The summed E-state index contributed by atoms with van der Waals surface area (Å²) in [7, 11) is 15.0. The molecule has 3 heterocycles. The third-order valence-corrected chi connectivity index (χ3v) is 7.77. The molecule has 1 fully saturated rings. The summed E-state index contributed by atoms with van der Waals surface area (Å²) in [5.41, 5.74) is 0.643. The van der Waals surface area contributed by atoms with E-state index in [1.54, 1.807) is 23.7 Å². The molecule has 8 nitrogen and oxygen atoms in total. The van der Waals surface area contributed by atoms with E-state index in [1.807, 2.05) is 54.6 Å². The third-order valence-electron chi connectivity index (χ3n) is 7.77. The lowest BCUT2D eigenvalue weighted by molar-refractivity contribution is 0.372. The molecular weight excluding hydrogens is 503 g/mol. The van der Waals surface area contributed by atoms with Gasteiger partial charge in [0.1, 0.15) is 32.2 Å². The van der Waals surface area contributed by atoms with Crippen molar-refractivity contribution in [3.63, 3.8) is 0 Å². The normalized spacial score (nSPS) is 21.8. The van der Waals surface area contributed by atoms with E-state index in [9.17, 15) is 9.18 Å². The number of aromatic nitrogens is 3. The fraction of sp³-hybridized carbons (Fsp3) is 0.241. The Labute approximate surface area is 232 Å². The maximum absolute atomic E-state index is 13.7. The maximum Gasteiger partial charge on any atom is 0.267 e. The van der Waals surface area contributed by atoms with Gasteiger partial charge in [-0.25, -0.2) is 4.98 Å². The lowest BCUT2D eigenvalue weighted by Gasteiger charge is -2.35. The highest BCUT2D eigenvalue weighted by Crippen LogP contribution is 2.43. The van der Waals surface area contributed by atoms with Crippen molar-refractivity contribution in [3.8, 4) is 11.3 Å². The molecule has 2 atom stereocenters. The molecule has 3 N–H and O–H groups in total. The van der Waals surface area contributed by atoms with Crippen LogP contribution in [0.4, 0.5) is 10.1 Å². The zero-order chi connectivity index (χ0) is 28.1. The Balaban J connectivity index is 1.44. The van der Waals surface area contributed by atoms with E-state index in [1.165, 1.54) is 10.6 Å². The Morgan fingerprint density at radius 1 is 1.05 bits per heavy atom. The van der Waals surface area contributed by atoms with E-state index < -0.39 is 22.4 Å². The molecule has 4 radical (unpaired) electrons. The van der Waals surface area contributed by atoms with Crippen molar-refractivity contribution < 1.29 is 4.39 Å². The molecule has 6 rings (SSSR count). The van der Waals surface area contributed by atoms with Gasteiger partial charge in [0.2, 0.25) is 11.6 Å². The van der Waals surface area contributed by atoms with Crippen molar-refractivity contribution in [2.24, 2.45) is 12.0 Å². The Kier molecular flexibility index (Phi) is 6.24. The van der Waals surface area contributed by atoms with Gasteiger partial charge in [0, 0.05) is 35.7 Å². The number of pyridine rings is 1. The number of hydrogen-bond acceptors (Lipinski definition) is 6. The van der Waals surface area contributed by atoms with Crippen LogP contribution in [0.25, 0.3) is 17.1 Å². The molecule has 1 aliphatic heterocycles. The summed E-state index contributed by atoms with van der Waals surface area (Å²) in [5.74, 6) is -0.176. The molecule has 2 aliphatic rings. The van der Waals surface area contributed by atoms with Crippen LogP contribution in [0.1, 0.15) is 24.8 Å². The number of nitrogens with one attached hydrogen (secondary N) is 3. The average molecular weight is 529 g/mol. The molecule has 0 saturated heterocycles. The molecule has 0 spiro atoms. The number of para-hydroxylation sites is 1. The lowest BCUT2D eigenvalue weighted by Crippen LogP contribution is -2.64. The van der Waals surface area contributed by atoms with E-state index >= 15 is 0 Å². The second-order valence-corrected chi connectivity index (χ2v) is 10.3. The second-order valence-electron chi connectivity index (χ2n) is 10.3. The standard InChI is InChI=1S/C29H26B2FN7O/c1-38-26(40)23(24(33)39-27(38)37-28(30)15-6-16-29(28,39)31)25(35-20-7-3-2-4-8-20)34-17-18-11-13-19(14-12-18)21-9-5-10-22(32)36-21/h2-5,7-14,33-35H,6,15-17H2,1H3/b25-23-,33-24?. The minimum Gasteiger partial charge on any atom is -0.367 e. The van der Waals surface area contributed by atoms with Crippen LogP contribution in [0.2, 0.25) is 0 Å². The van der Waals surface area contributed by atoms with E-state index in [2.05, 4.69) is 20.6 Å². The lowest BCUT2D eigenvalue weighted by atomic mass is 9.57. The summed E-state index contributed by atoms with van der Waals surface area (Å²) < 4.78 is 16.6. The van der Waals surface area contributed by atoms with Crippen LogP contribution < -0.4 is 32.5 Å². The molecule has 0 amide bonds. The minimum atomic E-state index is -1.10. The molecule has 4 aromatic rings. The van der Waals surface area contributed by atoms with Gasteiger partial charge in [-0.15, -0.1) is 0 Å². The zero-order valence-corrected chi connectivity index (χ0v) is 22.0. The topological polar surface area (TPSA) is 100 Å². The fourth-order valence-electron chi connectivity index (χ4n) is 5.56. The monoisotopic (exact) mass is 529 g/mol. The van der Waals surface area contributed by atoms with Crippen LogP contribution in [-0.4, -0.2) is 35.2 Å². The van der Waals surface area contributed by atoms with Gasteiger partial charge in [-0.05, 0) is 42.7 Å². The van der Waals surface area contributed by atoms with E-state index in [4.69, 9.17) is 21.1 Å². The van der Waals surface area contributed by atoms with E-state index in [-0.39, 0.29) is 10.7 Å². The highest BCUT2D eigenvalue weighted by atomic mass is 19.1. The Morgan fingerprint density at radius 3 is 2.52 bits per heavy atom. The zero-order valence-electron chi connectivity index (χ0n) is 22.0. The first-order valence-corrected chi connectivity index (χ1v) is 13.1.